The molecule has 94 valence electrons. The van der Waals surface area contributed by atoms with Crippen molar-refractivity contribution < 1.29 is 0 Å². The van der Waals surface area contributed by atoms with Crippen molar-refractivity contribution >= 4 is 0 Å². The van der Waals surface area contributed by atoms with E-state index >= 15 is 0 Å². The summed E-state index contributed by atoms with van der Waals surface area (Å²) in [6.07, 6.45) is 11.5. The van der Waals surface area contributed by atoms with Crippen molar-refractivity contribution in [2.75, 3.05) is 19.6 Å². The van der Waals surface area contributed by atoms with Gasteiger partial charge in [-0.25, -0.2) is 0 Å². The van der Waals surface area contributed by atoms with E-state index in [0.29, 0.717) is 6.04 Å². The molecule has 2 heteroatoms. The van der Waals surface area contributed by atoms with Gasteiger partial charge in [-0.05, 0) is 52.2 Å². The summed E-state index contributed by atoms with van der Waals surface area (Å²) in [6, 6.07) is 1.63. The van der Waals surface area contributed by atoms with Crippen molar-refractivity contribution in [1.82, 2.24) is 10.2 Å². The van der Waals surface area contributed by atoms with Gasteiger partial charge < -0.3 is 10.2 Å². The highest BCUT2D eigenvalue weighted by Gasteiger charge is 2.21. The second kappa shape index (κ2) is 6.61. The Kier molecular flexibility index (Phi) is 5.11. The summed E-state index contributed by atoms with van der Waals surface area (Å²) in [6.45, 7) is 6.18. The van der Waals surface area contributed by atoms with Gasteiger partial charge in [0.25, 0.3) is 0 Å². The van der Waals surface area contributed by atoms with E-state index in [1.807, 2.05) is 0 Å². The summed E-state index contributed by atoms with van der Waals surface area (Å²) < 4.78 is 0. The van der Waals surface area contributed by atoms with Crippen LogP contribution in [0.4, 0.5) is 0 Å². The van der Waals surface area contributed by atoms with Crippen molar-refractivity contribution in [1.29, 1.82) is 0 Å². The quantitative estimate of drug-likeness (QED) is 0.689. The Hall–Kier alpha value is -0.0800. The van der Waals surface area contributed by atoms with Crippen LogP contribution >= 0.6 is 0 Å². The maximum atomic E-state index is 3.59. The molecule has 0 radical (unpaired) electrons. The summed E-state index contributed by atoms with van der Waals surface area (Å²) in [5.74, 6) is 0. The highest BCUT2D eigenvalue weighted by atomic mass is 15.2. The van der Waals surface area contributed by atoms with Gasteiger partial charge in [0.1, 0.15) is 0 Å². The van der Waals surface area contributed by atoms with Gasteiger partial charge in [0.2, 0.25) is 0 Å². The van der Waals surface area contributed by atoms with Crippen molar-refractivity contribution in [2.24, 2.45) is 0 Å². The van der Waals surface area contributed by atoms with Crippen LogP contribution in [-0.4, -0.2) is 36.6 Å². The standard InChI is InChI=1S/C14H28N2/c1-13-9-12-16(11-6-10-15-13)14-7-4-2-3-5-8-14/h13-15H,2-12H2,1H3. The lowest BCUT2D eigenvalue weighted by atomic mass is 10.0. The maximum absolute atomic E-state index is 3.59. The van der Waals surface area contributed by atoms with E-state index in [2.05, 4.69) is 17.1 Å². The van der Waals surface area contributed by atoms with Crippen LogP contribution in [0.25, 0.3) is 0 Å². The summed E-state index contributed by atoms with van der Waals surface area (Å²) in [4.78, 5) is 2.79. The van der Waals surface area contributed by atoms with Gasteiger partial charge in [-0.3, -0.25) is 0 Å². The molecule has 0 aromatic heterocycles. The lowest BCUT2D eigenvalue weighted by molar-refractivity contribution is 0.159. The molecule has 0 amide bonds. The van der Waals surface area contributed by atoms with Gasteiger partial charge in [0.15, 0.2) is 0 Å². The van der Waals surface area contributed by atoms with Gasteiger partial charge >= 0.3 is 0 Å². The molecule has 1 atom stereocenters. The molecule has 16 heavy (non-hydrogen) atoms. The van der Waals surface area contributed by atoms with Crippen molar-refractivity contribution in [2.45, 2.75) is 70.4 Å². The van der Waals surface area contributed by atoms with Gasteiger partial charge in [0.05, 0.1) is 0 Å². The molecule has 1 heterocycles. The molecule has 1 saturated carbocycles. The zero-order valence-electron chi connectivity index (χ0n) is 10.9. The van der Waals surface area contributed by atoms with E-state index < -0.39 is 0 Å². The van der Waals surface area contributed by atoms with E-state index in [1.54, 1.807) is 0 Å². The highest BCUT2D eigenvalue weighted by molar-refractivity contribution is 4.78. The van der Waals surface area contributed by atoms with Crippen LogP contribution in [-0.2, 0) is 0 Å². The number of nitrogens with zero attached hydrogens (tertiary/aromatic N) is 1. The summed E-state index contributed by atoms with van der Waals surface area (Å²) in [7, 11) is 0. The monoisotopic (exact) mass is 224 g/mol. The van der Waals surface area contributed by atoms with Gasteiger partial charge in [-0.2, -0.15) is 0 Å². The van der Waals surface area contributed by atoms with E-state index in [0.717, 1.165) is 6.04 Å². The normalized spacial score (nSPS) is 31.7. The fraction of sp³-hybridized carbons (Fsp3) is 1.00. The molecule has 0 bridgehead atoms. The first-order valence-electron chi connectivity index (χ1n) is 7.33. The minimum atomic E-state index is 0.716. The zero-order chi connectivity index (χ0) is 11.2. The van der Waals surface area contributed by atoms with Crippen LogP contribution in [0.1, 0.15) is 58.3 Å². The van der Waals surface area contributed by atoms with Crippen LogP contribution in [0.5, 0.6) is 0 Å². The average Bonchev–Trinajstić information content (AvgIpc) is 2.53. The summed E-state index contributed by atoms with van der Waals surface area (Å²) in [5.41, 5.74) is 0. The Labute approximate surface area is 101 Å². The average molecular weight is 224 g/mol. The first-order chi connectivity index (χ1) is 7.86. The smallest absolute Gasteiger partial charge is 0.00952 e. The van der Waals surface area contributed by atoms with Crippen LogP contribution in [0, 0.1) is 0 Å². The number of hydrogen-bond donors (Lipinski definition) is 1. The fourth-order valence-electron chi connectivity index (χ4n) is 3.19. The lowest BCUT2D eigenvalue weighted by Crippen LogP contribution is -2.43. The third-order valence-electron chi connectivity index (χ3n) is 4.31. The number of nitrogens with one attached hydrogen (secondary N) is 1. The first-order valence-corrected chi connectivity index (χ1v) is 7.33. The van der Waals surface area contributed by atoms with E-state index in [4.69, 9.17) is 0 Å². The molecule has 0 aromatic rings. The molecule has 2 rings (SSSR count). The summed E-state index contributed by atoms with van der Waals surface area (Å²) >= 11 is 0. The van der Waals surface area contributed by atoms with Crippen LogP contribution in [0.3, 0.4) is 0 Å². The van der Waals surface area contributed by atoms with Gasteiger partial charge in [-0.15, -0.1) is 0 Å². The summed E-state index contributed by atoms with van der Waals surface area (Å²) in [5, 5.41) is 3.59. The predicted octanol–water partition coefficient (Wildman–Crippen LogP) is 2.78. The SMILES string of the molecule is CC1CCN(C2CCCCCC2)CCCN1. The van der Waals surface area contributed by atoms with E-state index in [1.165, 1.54) is 71.0 Å². The maximum Gasteiger partial charge on any atom is 0.00952 e. The molecule has 1 N–H and O–H groups in total. The largest absolute Gasteiger partial charge is 0.314 e. The number of hydrogen-bond acceptors (Lipinski definition) is 2. The van der Waals surface area contributed by atoms with Crippen LogP contribution in [0.2, 0.25) is 0 Å². The highest BCUT2D eigenvalue weighted by Crippen LogP contribution is 2.22. The van der Waals surface area contributed by atoms with Crippen LogP contribution in [0.15, 0.2) is 0 Å². The minimum absolute atomic E-state index is 0.716. The molecule has 2 nitrogen and oxygen atoms in total. The lowest BCUT2D eigenvalue weighted by Gasteiger charge is -2.34. The van der Waals surface area contributed by atoms with E-state index in [-0.39, 0.29) is 0 Å². The third kappa shape index (κ3) is 3.74. The molecule has 1 unspecified atom stereocenters. The van der Waals surface area contributed by atoms with E-state index in [9.17, 15) is 0 Å². The van der Waals surface area contributed by atoms with Crippen molar-refractivity contribution in [3.05, 3.63) is 0 Å². The Morgan fingerprint density at radius 1 is 0.875 bits per heavy atom. The molecule has 1 aliphatic carbocycles. The van der Waals surface area contributed by atoms with Crippen molar-refractivity contribution in [3.8, 4) is 0 Å². The fourth-order valence-corrected chi connectivity index (χ4v) is 3.19. The molecular formula is C14H28N2. The Morgan fingerprint density at radius 2 is 1.62 bits per heavy atom. The van der Waals surface area contributed by atoms with Crippen LogP contribution < -0.4 is 5.32 Å². The van der Waals surface area contributed by atoms with Crippen molar-refractivity contribution in [3.63, 3.8) is 0 Å². The molecule has 2 fully saturated rings. The first kappa shape index (κ1) is 12.4. The molecule has 2 aliphatic rings. The topological polar surface area (TPSA) is 15.3 Å². The Morgan fingerprint density at radius 3 is 2.38 bits per heavy atom. The van der Waals surface area contributed by atoms with Gasteiger partial charge in [-0.1, -0.05) is 25.7 Å². The predicted molar refractivity (Wildman–Crippen MR) is 69.8 cm³/mol. The molecular weight excluding hydrogens is 196 g/mol. The molecule has 0 spiro atoms. The molecule has 1 saturated heterocycles. The second-order valence-corrected chi connectivity index (χ2v) is 5.68. The second-order valence-electron chi connectivity index (χ2n) is 5.68. The van der Waals surface area contributed by atoms with Gasteiger partial charge in [0, 0.05) is 12.1 Å². The molecule has 1 aliphatic heterocycles. The Balaban J connectivity index is 1.84. The minimum Gasteiger partial charge on any atom is -0.314 e. The Bertz CT molecular complexity index is 185. The number of rotatable bonds is 1. The third-order valence-corrected chi connectivity index (χ3v) is 4.31. The zero-order valence-corrected chi connectivity index (χ0v) is 10.9. The molecule has 0 aromatic carbocycles.